The van der Waals surface area contributed by atoms with E-state index in [1.807, 2.05) is 0 Å². The lowest BCUT2D eigenvalue weighted by Gasteiger charge is -2.34. The van der Waals surface area contributed by atoms with Crippen LogP contribution >= 0.6 is 0 Å². The maximum atomic E-state index is 13.2. The van der Waals surface area contributed by atoms with E-state index in [1.54, 1.807) is 11.0 Å². The molecule has 146 valence electrons. The summed E-state index contributed by atoms with van der Waals surface area (Å²) in [6, 6.07) is 3.62. The summed E-state index contributed by atoms with van der Waals surface area (Å²) in [5.74, 6) is -0.762. The number of urea groups is 1. The fourth-order valence-corrected chi connectivity index (χ4v) is 3.57. The Balaban J connectivity index is 1.56. The van der Waals surface area contributed by atoms with Gasteiger partial charge in [0.25, 0.3) is 0 Å². The molecule has 2 aliphatic heterocycles. The summed E-state index contributed by atoms with van der Waals surface area (Å²) in [6.45, 7) is 0.828. The summed E-state index contributed by atoms with van der Waals surface area (Å²) in [5.41, 5.74) is 5.80. The molecule has 27 heavy (non-hydrogen) atoms. The van der Waals surface area contributed by atoms with Gasteiger partial charge in [-0.2, -0.15) is 0 Å². The molecule has 4 amide bonds. The first-order valence-electron chi connectivity index (χ1n) is 9.12. The zero-order valence-electron chi connectivity index (χ0n) is 14.9. The number of hydrogen-bond acceptors (Lipinski definition) is 4. The number of nitrogens with one attached hydrogen (secondary N) is 3. The molecule has 2 aliphatic rings. The predicted molar refractivity (Wildman–Crippen MR) is 97.3 cm³/mol. The van der Waals surface area contributed by atoms with E-state index in [9.17, 15) is 18.8 Å². The van der Waals surface area contributed by atoms with Crippen LogP contribution in [-0.2, 0) is 9.59 Å². The number of amides is 4. The molecular formula is C18H24FN5O3. The molecular weight excluding hydrogens is 353 g/mol. The van der Waals surface area contributed by atoms with Crippen molar-refractivity contribution in [1.82, 2.24) is 15.5 Å². The number of anilines is 1. The van der Waals surface area contributed by atoms with Crippen LogP contribution in [0.5, 0.6) is 0 Å². The number of halogens is 1. The molecule has 3 atom stereocenters. The smallest absolute Gasteiger partial charge is 0.319 e. The van der Waals surface area contributed by atoms with Crippen molar-refractivity contribution in [2.45, 2.75) is 43.8 Å². The second-order valence-electron chi connectivity index (χ2n) is 6.89. The fraction of sp³-hybridized carbons (Fsp3) is 0.500. The predicted octanol–water partition coefficient (Wildman–Crippen LogP) is 0.544. The van der Waals surface area contributed by atoms with E-state index in [4.69, 9.17) is 5.73 Å². The Labute approximate surface area is 156 Å². The van der Waals surface area contributed by atoms with Crippen molar-refractivity contribution in [3.8, 4) is 0 Å². The summed E-state index contributed by atoms with van der Waals surface area (Å²) in [7, 11) is 0. The first kappa shape index (κ1) is 19.1. The third kappa shape index (κ3) is 4.54. The summed E-state index contributed by atoms with van der Waals surface area (Å²) in [6.07, 6.45) is 2.48. The highest BCUT2D eigenvalue weighted by Crippen LogP contribution is 2.24. The van der Waals surface area contributed by atoms with E-state index < -0.39 is 23.9 Å². The number of hydrogen-bond donors (Lipinski definition) is 4. The van der Waals surface area contributed by atoms with Crippen molar-refractivity contribution in [2.24, 2.45) is 5.73 Å². The Hall–Kier alpha value is -2.68. The van der Waals surface area contributed by atoms with Crippen molar-refractivity contribution in [1.29, 1.82) is 0 Å². The minimum Gasteiger partial charge on any atom is -0.343 e. The van der Waals surface area contributed by atoms with Gasteiger partial charge < -0.3 is 26.6 Å². The van der Waals surface area contributed by atoms with Gasteiger partial charge >= 0.3 is 6.03 Å². The number of carbonyl (C=O) groups is 3. The minimum absolute atomic E-state index is 0.119. The number of nitrogens with zero attached hydrogens (tertiary/aromatic N) is 1. The zero-order valence-corrected chi connectivity index (χ0v) is 14.9. The van der Waals surface area contributed by atoms with Gasteiger partial charge in [-0.25, -0.2) is 9.18 Å². The van der Waals surface area contributed by atoms with Gasteiger partial charge in [0.2, 0.25) is 11.8 Å². The summed E-state index contributed by atoms with van der Waals surface area (Å²) >= 11 is 0. The Morgan fingerprint density at radius 2 is 2.15 bits per heavy atom. The van der Waals surface area contributed by atoms with Crippen molar-refractivity contribution < 1.29 is 18.8 Å². The first-order valence-corrected chi connectivity index (χ1v) is 9.12. The number of nitrogens with two attached hydrogens (primary N) is 1. The third-order valence-electron chi connectivity index (χ3n) is 4.87. The van der Waals surface area contributed by atoms with Gasteiger partial charge in [0.1, 0.15) is 17.9 Å². The molecule has 5 N–H and O–H groups in total. The van der Waals surface area contributed by atoms with Crippen molar-refractivity contribution >= 4 is 23.5 Å². The highest BCUT2D eigenvalue weighted by Gasteiger charge is 2.46. The molecule has 0 aromatic heterocycles. The maximum absolute atomic E-state index is 13.2. The van der Waals surface area contributed by atoms with E-state index in [0.717, 1.165) is 12.8 Å². The standard InChI is InChI=1S/C18H24FN5O3/c19-11-4-3-5-12(8-11)21-18(27)22-13-9-15-16(25)23-14(6-1-2-7-20)17(26)24(15)10-13/h3-5,8,13-15H,1-2,6-7,9-10,20H2,(H,23,25)(H2,21,22,27)/t13-,14-,15-/m0/s1. The lowest BCUT2D eigenvalue weighted by atomic mass is 10.0. The lowest BCUT2D eigenvalue weighted by Crippen LogP contribution is -2.61. The van der Waals surface area contributed by atoms with Crippen molar-refractivity contribution in [2.75, 3.05) is 18.4 Å². The minimum atomic E-state index is -0.567. The average Bonchev–Trinajstić information content (AvgIpc) is 3.04. The molecule has 0 spiro atoms. The van der Waals surface area contributed by atoms with Gasteiger partial charge in [0.05, 0.1) is 6.04 Å². The summed E-state index contributed by atoms with van der Waals surface area (Å²) < 4.78 is 13.2. The molecule has 0 aliphatic carbocycles. The van der Waals surface area contributed by atoms with Gasteiger partial charge in [0.15, 0.2) is 0 Å². The van der Waals surface area contributed by atoms with Gasteiger partial charge in [-0.05, 0) is 50.4 Å². The molecule has 1 aromatic carbocycles. The van der Waals surface area contributed by atoms with Crippen LogP contribution in [-0.4, -0.2) is 54.0 Å². The molecule has 9 heteroatoms. The van der Waals surface area contributed by atoms with Gasteiger partial charge in [-0.1, -0.05) is 6.07 Å². The monoisotopic (exact) mass is 377 g/mol. The second-order valence-corrected chi connectivity index (χ2v) is 6.89. The normalized spacial score (nSPS) is 24.4. The number of piperazine rings is 1. The SMILES string of the molecule is NCCCC[C@@H]1NC(=O)[C@@H]2C[C@H](NC(=O)Nc3cccc(F)c3)CN2C1=O. The number of carbonyl (C=O) groups excluding carboxylic acids is 3. The highest BCUT2D eigenvalue weighted by molar-refractivity contribution is 5.98. The topological polar surface area (TPSA) is 117 Å². The van der Waals surface area contributed by atoms with Gasteiger partial charge in [-0.15, -0.1) is 0 Å². The van der Waals surface area contributed by atoms with Crippen LogP contribution in [0.2, 0.25) is 0 Å². The Morgan fingerprint density at radius 1 is 1.33 bits per heavy atom. The highest BCUT2D eigenvalue weighted by atomic mass is 19.1. The molecule has 3 rings (SSSR count). The van der Waals surface area contributed by atoms with Crippen LogP contribution in [0.15, 0.2) is 24.3 Å². The molecule has 8 nitrogen and oxygen atoms in total. The van der Waals surface area contributed by atoms with E-state index >= 15 is 0 Å². The van der Waals surface area contributed by atoms with Crippen LogP contribution in [0.1, 0.15) is 25.7 Å². The molecule has 1 aromatic rings. The molecule has 0 radical (unpaired) electrons. The molecule has 0 unspecified atom stereocenters. The maximum Gasteiger partial charge on any atom is 0.319 e. The van der Waals surface area contributed by atoms with E-state index in [2.05, 4.69) is 16.0 Å². The number of fused-ring (bicyclic) bond motifs is 1. The van der Waals surface area contributed by atoms with E-state index in [0.29, 0.717) is 25.1 Å². The first-order chi connectivity index (χ1) is 13.0. The zero-order chi connectivity index (χ0) is 19.4. The molecule has 0 bridgehead atoms. The van der Waals surface area contributed by atoms with Crippen LogP contribution in [0.3, 0.4) is 0 Å². The third-order valence-corrected chi connectivity index (χ3v) is 4.87. The Morgan fingerprint density at radius 3 is 2.89 bits per heavy atom. The van der Waals surface area contributed by atoms with Crippen LogP contribution in [0.4, 0.5) is 14.9 Å². The molecule has 2 heterocycles. The molecule has 2 saturated heterocycles. The van der Waals surface area contributed by atoms with Crippen molar-refractivity contribution in [3.05, 3.63) is 30.1 Å². The van der Waals surface area contributed by atoms with Crippen LogP contribution in [0, 0.1) is 5.82 Å². The van der Waals surface area contributed by atoms with Gasteiger partial charge in [0, 0.05) is 12.2 Å². The summed E-state index contributed by atoms with van der Waals surface area (Å²) in [5, 5.41) is 8.07. The van der Waals surface area contributed by atoms with Crippen molar-refractivity contribution in [3.63, 3.8) is 0 Å². The van der Waals surface area contributed by atoms with Crippen LogP contribution in [0.25, 0.3) is 0 Å². The number of unbranched alkanes of at least 4 members (excludes halogenated alkanes) is 1. The average molecular weight is 377 g/mol. The van der Waals surface area contributed by atoms with Gasteiger partial charge in [-0.3, -0.25) is 9.59 Å². The quantitative estimate of drug-likeness (QED) is 0.542. The fourth-order valence-electron chi connectivity index (χ4n) is 3.57. The lowest BCUT2D eigenvalue weighted by molar-refractivity contribution is -0.147. The van der Waals surface area contributed by atoms with Crippen LogP contribution < -0.4 is 21.7 Å². The molecule has 0 saturated carbocycles. The molecule has 2 fully saturated rings. The Bertz CT molecular complexity index is 729. The largest absolute Gasteiger partial charge is 0.343 e. The number of benzene rings is 1. The second kappa shape index (κ2) is 8.34. The van der Waals surface area contributed by atoms with E-state index in [-0.39, 0.29) is 24.4 Å². The number of rotatable bonds is 6. The Kier molecular flexibility index (Phi) is 5.90. The summed E-state index contributed by atoms with van der Waals surface area (Å²) in [4.78, 5) is 38.6. The van der Waals surface area contributed by atoms with E-state index in [1.165, 1.54) is 18.2 Å².